The minimum absolute atomic E-state index is 0.0185. The highest BCUT2D eigenvalue weighted by atomic mass is 19.1. The molecule has 3 rings (SSSR count). The maximum Gasteiger partial charge on any atom is 0.327 e. The average molecular weight is 448 g/mol. The quantitative estimate of drug-likeness (QED) is 0.693. The van der Waals surface area contributed by atoms with Gasteiger partial charge < -0.3 is 14.9 Å². The number of rotatable bonds is 7. The number of fused-ring (bicyclic) bond motifs is 1. The SMILES string of the molecule is CC(C)N1C(=O)C2C(CCN2C(=O)CC(C)(C)CC(=O)O)N(Cc2cccc(F)c2)C1=O. The third kappa shape index (κ3) is 4.76. The maximum absolute atomic E-state index is 13.7. The Morgan fingerprint density at radius 1 is 1.22 bits per heavy atom. The van der Waals surface area contributed by atoms with Crippen LogP contribution >= 0.6 is 0 Å². The molecule has 2 aliphatic heterocycles. The molecule has 0 aromatic heterocycles. The van der Waals surface area contributed by atoms with Crippen LogP contribution in [0.1, 0.15) is 52.5 Å². The van der Waals surface area contributed by atoms with E-state index in [2.05, 4.69) is 0 Å². The molecule has 1 aromatic rings. The molecule has 0 bridgehead atoms. The number of halogens is 1. The van der Waals surface area contributed by atoms with Gasteiger partial charge in [0.1, 0.15) is 11.9 Å². The predicted molar refractivity (Wildman–Crippen MR) is 114 cm³/mol. The molecule has 2 aliphatic rings. The van der Waals surface area contributed by atoms with Gasteiger partial charge >= 0.3 is 12.0 Å². The Bertz CT molecular complexity index is 932. The largest absolute Gasteiger partial charge is 0.481 e. The lowest BCUT2D eigenvalue weighted by atomic mass is 9.85. The Morgan fingerprint density at radius 3 is 2.50 bits per heavy atom. The van der Waals surface area contributed by atoms with Crippen LogP contribution in [0.25, 0.3) is 0 Å². The van der Waals surface area contributed by atoms with E-state index in [-0.39, 0.29) is 25.3 Å². The smallest absolute Gasteiger partial charge is 0.327 e. The lowest BCUT2D eigenvalue weighted by Gasteiger charge is -2.45. The lowest BCUT2D eigenvalue weighted by Crippen LogP contribution is -2.67. The van der Waals surface area contributed by atoms with Crippen LogP contribution in [0.3, 0.4) is 0 Å². The second kappa shape index (κ2) is 8.88. The van der Waals surface area contributed by atoms with Crippen molar-refractivity contribution < 1.29 is 28.7 Å². The molecular formula is C23H30FN3O5. The predicted octanol–water partition coefficient (Wildman–Crippen LogP) is 2.86. The summed E-state index contributed by atoms with van der Waals surface area (Å²) in [6, 6.07) is 3.75. The van der Waals surface area contributed by atoms with Crippen molar-refractivity contribution >= 4 is 23.8 Å². The number of aliphatic carboxylic acids is 1. The molecule has 0 aliphatic carbocycles. The summed E-state index contributed by atoms with van der Waals surface area (Å²) in [5.74, 6) is -2.13. The Hall–Kier alpha value is -2.97. The zero-order valence-corrected chi connectivity index (χ0v) is 18.9. The van der Waals surface area contributed by atoms with E-state index in [1.54, 1.807) is 44.7 Å². The van der Waals surface area contributed by atoms with Crippen molar-refractivity contribution in [1.29, 1.82) is 0 Å². The van der Waals surface area contributed by atoms with E-state index in [0.717, 1.165) is 4.90 Å². The van der Waals surface area contributed by atoms with Crippen molar-refractivity contribution in [3.05, 3.63) is 35.6 Å². The van der Waals surface area contributed by atoms with Gasteiger partial charge in [-0.1, -0.05) is 26.0 Å². The molecule has 2 atom stereocenters. The number of imide groups is 1. The van der Waals surface area contributed by atoms with E-state index < -0.39 is 47.3 Å². The van der Waals surface area contributed by atoms with E-state index >= 15 is 0 Å². The summed E-state index contributed by atoms with van der Waals surface area (Å²) in [6.45, 7) is 7.29. The van der Waals surface area contributed by atoms with Gasteiger partial charge in [0, 0.05) is 25.6 Å². The maximum atomic E-state index is 13.7. The molecule has 2 unspecified atom stereocenters. The Morgan fingerprint density at radius 2 is 1.91 bits per heavy atom. The number of hydrogen-bond donors (Lipinski definition) is 1. The van der Waals surface area contributed by atoms with Gasteiger partial charge in [0.2, 0.25) is 5.91 Å². The van der Waals surface area contributed by atoms with Gasteiger partial charge in [0.15, 0.2) is 0 Å². The molecule has 8 nitrogen and oxygen atoms in total. The van der Waals surface area contributed by atoms with Crippen LogP contribution in [0.5, 0.6) is 0 Å². The standard InChI is InChI=1S/C23H30FN3O5/c1-14(2)27-21(31)20-17(26(22(27)32)13-15-6-5-7-16(24)10-15)8-9-25(20)18(28)11-23(3,4)12-19(29)30/h5-7,10,14,17,20H,8-9,11-13H2,1-4H3,(H,29,30). The molecule has 174 valence electrons. The van der Waals surface area contributed by atoms with Crippen molar-refractivity contribution in [2.24, 2.45) is 5.41 Å². The fraction of sp³-hybridized carbons (Fsp3) is 0.565. The zero-order chi connectivity index (χ0) is 23.8. The summed E-state index contributed by atoms with van der Waals surface area (Å²) in [7, 11) is 0. The number of carboxylic acids is 1. The Balaban J connectivity index is 1.89. The molecular weight excluding hydrogens is 417 g/mol. The molecule has 32 heavy (non-hydrogen) atoms. The first-order valence-electron chi connectivity index (χ1n) is 10.8. The summed E-state index contributed by atoms with van der Waals surface area (Å²) >= 11 is 0. The monoisotopic (exact) mass is 447 g/mol. The molecule has 2 saturated heterocycles. The molecule has 0 spiro atoms. The fourth-order valence-electron chi connectivity index (χ4n) is 4.67. The van der Waals surface area contributed by atoms with Gasteiger partial charge in [-0.25, -0.2) is 9.18 Å². The number of carbonyl (C=O) groups is 4. The topological polar surface area (TPSA) is 98.2 Å². The van der Waals surface area contributed by atoms with Crippen molar-refractivity contribution in [3.8, 4) is 0 Å². The molecule has 4 amide bonds. The van der Waals surface area contributed by atoms with Crippen LogP contribution < -0.4 is 0 Å². The van der Waals surface area contributed by atoms with E-state index in [0.29, 0.717) is 18.5 Å². The van der Waals surface area contributed by atoms with Crippen LogP contribution in [0.2, 0.25) is 0 Å². The number of carboxylic acid groups (broad SMARTS) is 1. The van der Waals surface area contributed by atoms with E-state index in [4.69, 9.17) is 5.11 Å². The van der Waals surface area contributed by atoms with Crippen molar-refractivity contribution in [1.82, 2.24) is 14.7 Å². The number of hydrogen-bond acceptors (Lipinski definition) is 4. The summed E-state index contributed by atoms with van der Waals surface area (Å²) in [4.78, 5) is 55.0. The molecule has 2 heterocycles. The summed E-state index contributed by atoms with van der Waals surface area (Å²) in [5, 5.41) is 9.12. The highest BCUT2D eigenvalue weighted by Crippen LogP contribution is 2.35. The average Bonchev–Trinajstić information content (AvgIpc) is 3.09. The van der Waals surface area contributed by atoms with Gasteiger partial charge in [-0.2, -0.15) is 0 Å². The molecule has 0 saturated carbocycles. The van der Waals surface area contributed by atoms with Gasteiger partial charge in [-0.15, -0.1) is 0 Å². The minimum atomic E-state index is -0.992. The first-order valence-corrected chi connectivity index (χ1v) is 10.8. The first kappa shape index (κ1) is 23.7. The molecule has 0 radical (unpaired) electrons. The third-order valence-electron chi connectivity index (χ3n) is 6.05. The van der Waals surface area contributed by atoms with Crippen LogP contribution in [-0.4, -0.2) is 68.3 Å². The van der Waals surface area contributed by atoms with Gasteiger partial charge in [0.05, 0.1) is 12.5 Å². The van der Waals surface area contributed by atoms with Crippen LogP contribution in [0.4, 0.5) is 9.18 Å². The Labute approximate surface area is 187 Å². The fourth-order valence-corrected chi connectivity index (χ4v) is 4.67. The summed E-state index contributed by atoms with van der Waals surface area (Å²) in [6.07, 6.45) is 0.237. The Kier molecular flexibility index (Phi) is 6.57. The van der Waals surface area contributed by atoms with Crippen LogP contribution in [-0.2, 0) is 20.9 Å². The van der Waals surface area contributed by atoms with Gasteiger partial charge in [0.25, 0.3) is 5.91 Å². The number of carbonyl (C=O) groups excluding carboxylic acids is 3. The summed E-state index contributed by atoms with van der Waals surface area (Å²) in [5.41, 5.74) is -0.171. The number of benzene rings is 1. The van der Waals surface area contributed by atoms with Crippen molar-refractivity contribution in [3.63, 3.8) is 0 Å². The zero-order valence-electron chi connectivity index (χ0n) is 18.9. The van der Waals surface area contributed by atoms with Gasteiger partial charge in [-0.05, 0) is 43.4 Å². The van der Waals surface area contributed by atoms with Crippen LogP contribution in [0.15, 0.2) is 24.3 Å². The summed E-state index contributed by atoms with van der Waals surface area (Å²) < 4.78 is 13.7. The van der Waals surface area contributed by atoms with E-state index in [1.807, 2.05) is 0 Å². The van der Waals surface area contributed by atoms with Crippen LogP contribution in [0, 0.1) is 11.2 Å². The number of likely N-dealkylation sites (tertiary alicyclic amines) is 1. The molecule has 9 heteroatoms. The normalized spacial score (nSPS) is 21.4. The van der Waals surface area contributed by atoms with Crippen molar-refractivity contribution in [2.75, 3.05) is 6.54 Å². The number of urea groups is 1. The molecule has 1 aromatic carbocycles. The van der Waals surface area contributed by atoms with E-state index in [1.165, 1.54) is 17.0 Å². The highest BCUT2D eigenvalue weighted by molar-refractivity contribution is 6.02. The lowest BCUT2D eigenvalue weighted by molar-refractivity contribution is -0.149. The minimum Gasteiger partial charge on any atom is -0.481 e. The molecule has 2 fully saturated rings. The number of nitrogens with zero attached hydrogens (tertiary/aromatic N) is 3. The van der Waals surface area contributed by atoms with E-state index in [9.17, 15) is 23.6 Å². The van der Waals surface area contributed by atoms with Gasteiger partial charge in [-0.3, -0.25) is 19.3 Å². The third-order valence-corrected chi connectivity index (χ3v) is 6.05. The molecule has 1 N–H and O–H groups in total. The van der Waals surface area contributed by atoms with Crippen molar-refractivity contribution in [2.45, 2.75) is 71.6 Å². The second-order valence-electron chi connectivity index (χ2n) is 9.64. The highest BCUT2D eigenvalue weighted by Gasteiger charge is 2.54. The number of amides is 4. The first-order chi connectivity index (χ1) is 14.9. The second-order valence-corrected chi connectivity index (χ2v) is 9.64.